The Balaban J connectivity index is 0.00000484. The van der Waals surface area contributed by atoms with Crippen LogP contribution in [0.4, 0.5) is 13.2 Å². The Hall–Kier alpha value is -1.12. The van der Waals surface area contributed by atoms with E-state index < -0.39 is 17.8 Å². The summed E-state index contributed by atoms with van der Waals surface area (Å²) in [6.07, 6.45) is -2.01. The fraction of sp³-hybridized carbons (Fsp3) is 0.500. The number of alkyl halides is 3. The molecule has 0 fully saturated rings. The normalized spacial score (nSPS) is 12.2. The fourth-order valence-electron chi connectivity index (χ4n) is 1.67. The molecule has 3 N–H and O–H groups in total. The number of rotatable bonds is 8. The zero-order chi connectivity index (χ0) is 16.6. The molecule has 1 atom stereocenters. The van der Waals surface area contributed by atoms with Gasteiger partial charge in [0.25, 0.3) is 0 Å². The molecule has 0 saturated carbocycles. The van der Waals surface area contributed by atoms with Crippen molar-refractivity contribution in [2.75, 3.05) is 25.2 Å². The lowest BCUT2D eigenvalue weighted by Crippen LogP contribution is -2.42. The van der Waals surface area contributed by atoms with Gasteiger partial charge in [-0.2, -0.15) is 24.9 Å². The van der Waals surface area contributed by atoms with Gasteiger partial charge in [-0.15, -0.1) is 12.4 Å². The number of hydrogen-bond acceptors (Lipinski definition) is 4. The molecule has 1 rings (SSSR count). The number of amides is 1. The van der Waals surface area contributed by atoms with E-state index in [1.807, 2.05) is 6.26 Å². The fourth-order valence-corrected chi connectivity index (χ4v) is 2.16. The summed E-state index contributed by atoms with van der Waals surface area (Å²) in [7, 11) is 0. The van der Waals surface area contributed by atoms with Gasteiger partial charge in [-0.25, -0.2) is 0 Å². The highest BCUT2D eigenvalue weighted by atomic mass is 35.5. The molecule has 4 nitrogen and oxygen atoms in total. The molecule has 0 radical (unpaired) electrons. The Bertz CT molecular complexity index is 489. The lowest BCUT2D eigenvalue weighted by atomic mass is 10.2. The molecule has 0 unspecified atom stereocenters. The van der Waals surface area contributed by atoms with Crippen molar-refractivity contribution in [1.82, 2.24) is 5.32 Å². The van der Waals surface area contributed by atoms with Crippen LogP contribution in [-0.4, -0.2) is 37.1 Å². The van der Waals surface area contributed by atoms with Crippen LogP contribution in [0.25, 0.3) is 0 Å². The lowest BCUT2D eigenvalue weighted by Gasteiger charge is -2.15. The molecule has 1 aromatic carbocycles. The van der Waals surface area contributed by atoms with E-state index in [1.165, 1.54) is 18.2 Å². The Morgan fingerprint density at radius 2 is 2.04 bits per heavy atom. The number of nitrogens with one attached hydrogen (secondary N) is 1. The van der Waals surface area contributed by atoms with E-state index in [0.29, 0.717) is 6.42 Å². The van der Waals surface area contributed by atoms with Crippen LogP contribution in [0.5, 0.6) is 5.75 Å². The third kappa shape index (κ3) is 7.81. The highest BCUT2D eigenvalue weighted by molar-refractivity contribution is 7.98. The second kappa shape index (κ2) is 10.6. The molecule has 0 bridgehead atoms. The van der Waals surface area contributed by atoms with Gasteiger partial charge >= 0.3 is 6.18 Å². The standard InChI is InChI=1S/C14H19F3N2O2S.ClH/c1-22-9-6-11(18)13(20)19-7-8-21-12-5-3-2-4-10(12)14(15,16)17;/h2-5,11H,6-9,18H2,1H3,(H,19,20);1H/t11-;/m0./s1. The molecule has 0 spiro atoms. The molecule has 0 heterocycles. The Morgan fingerprint density at radius 3 is 2.65 bits per heavy atom. The number of ether oxygens (including phenoxy) is 1. The highest BCUT2D eigenvalue weighted by Crippen LogP contribution is 2.35. The van der Waals surface area contributed by atoms with E-state index in [0.717, 1.165) is 11.8 Å². The average Bonchev–Trinajstić information content (AvgIpc) is 2.48. The van der Waals surface area contributed by atoms with Crippen LogP contribution >= 0.6 is 24.2 Å². The number of para-hydroxylation sites is 1. The van der Waals surface area contributed by atoms with Crippen LogP contribution in [0, 0.1) is 0 Å². The second-order valence-electron chi connectivity index (χ2n) is 4.52. The van der Waals surface area contributed by atoms with Gasteiger partial charge in [0.15, 0.2) is 0 Å². The first kappa shape index (κ1) is 21.9. The number of thioether (sulfide) groups is 1. The van der Waals surface area contributed by atoms with E-state index in [1.54, 1.807) is 11.8 Å². The Labute approximate surface area is 143 Å². The number of carbonyl (C=O) groups is 1. The minimum absolute atomic E-state index is 0. The van der Waals surface area contributed by atoms with Gasteiger partial charge < -0.3 is 15.8 Å². The molecule has 0 aliphatic heterocycles. The van der Waals surface area contributed by atoms with Crippen molar-refractivity contribution in [3.8, 4) is 5.75 Å². The first-order chi connectivity index (χ1) is 10.4. The predicted octanol–water partition coefficient (Wildman–Crippen LogP) is 2.70. The van der Waals surface area contributed by atoms with E-state index in [-0.39, 0.29) is 37.2 Å². The summed E-state index contributed by atoms with van der Waals surface area (Å²) < 4.78 is 43.3. The minimum Gasteiger partial charge on any atom is -0.491 e. The third-order valence-corrected chi connectivity index (χ3v) is 3.47. The summed E-state index contributed by atoms with van der Waals surface area (Å²) >= 11 is 1.59. The number of halogens is 4. The molecule has 0 aliphatic carbocycles. The molecule has 0 aliphatic rings. The summed E-state index contributed by atoms with van der Waals surface area (Å²) in [6, 6.07) is 4.33. The van der Waals surface area contributed by atoms with Gasteiger partial charge in [-0.1, -0.05) is 12.1 Å². The summed E-state index contributed by atoms with van der Waals surface area (Å²) in [5.74, 6) is 0.182. The van der Waals surface area contributed by atoms with Gasteiger partial charge in [0.1, 0.15) is 12.4 Å². The van der Waals surface area contributed by atoms with Gasteiger partial charge in [0.05, 0.1) is 18.2 Å². The summed E-state index contributed by atoms with van der Waals surface area (Å²) in [6.45, 7) is 0.0338. The van der Waals surface area contributed by atoms with Crippen molar-refractivity contribution in [2.45, 2.75) is 18.6 Å². The maximum Gasteiger partial charge on any atom is 0.419 e. The van der Waals surface area contributed by atoms with Crippen molar-refractivity contribution in [3.63, 3.8) is 0 Å². The minimum atomic E-state index is -4.47. The van der Waals surface area contributed by atoms with Crippen LogP contribution in [0.15, 0.2) is 24.3 Å². The van der Waals surface area contributed by atoms with E-state index in [9.17, 15) is 18.0 Å². The summed E-state index contributed by atoms with van der Waals surface area (Å²) in [5, 5.41) is 2.54. The second-order valence-corrected chi connectivity index (χ2v) is 5.51. The van der Waals surface area contributed by atoms with Crippen molar-refractivity contribution in [1.29, 1.82) is 0 Å². The monoisotopic (exact) mass is 372 g/mol. The molecule has 9 heteroatoms. The van der Waals surface area contributed by atoms with Crippen LogP contribution in [0.1, 0.15) is 12.0 Å². The molecular formula is C14H20ClF3N2O2S. The van der Waals surface area contributed by atoms with Crippen LogP contribution in [-0.2, 0) is 11.0 Å². The molecular weight excluding hydrogens is 353 g/mol. The molecule has 23 heavy (non-hydrogen) atoms. The van der Waals surface area contributed by atoms with Crippen LogP contribution in [0.3, 0.4) is 0 Å². The zero-order valence-electron chi connectivity index (χ0n) is 12.6. The predicted molar refractivity (Wildman–Crippen MR) is 88.2 cm³/mol. The number of carbonyl (C=O) groups excluding carboxylic acids is 1. The molecule has 0 aromatic heterocycles. The number of hydrogen-bond donors (Lipinski definition) is 2. The van der Waals surface area contributed by atoms with E-state index in [2.05, 4.69) is 5.32 Å². The zero-order valence-corrected chi connectivity index (χ0v) is 14.2. The maximum atomic E-state index is 12.7. The topological polar surface area (TPSA) is 64.4 Å². The quantitative estimate of drug-likeness (QED) is 0.689. The number of benzene rings is 1. The maximum absolute atomic E-state index is 12.7. The SMILES string of the molecule is CSCC[C@H](N)C(=O)NCCOc1ccccc1C(F)(F)F.Cl. The van der Waals surface area contributed by atoms with Gasteiger partial charge in [-0.3, -0.25) is 4.79 Å². The summed E-state index contributed by atoms with van der Waals surface area (Å²) in [4.78, 5) is 11.6. The van der Waals surface area contributed by atoms with E-state index >= 15 is 0 Å². The largest absolute Gasteiger partial charge is 0.491 e. The molecule has 1 aromatic rings. The Kier molecular flexibility index (Phi) is 10.1. The molecule has 132 valence electrons. The van der Waals surface area contributed by atoms with Gasteiger partial charge in [0.2, 0.25) is 5.91 Å². The van der Waals surface area contributed by atoms with Crippen molar-refractivity contribution < 1.29 is 22.7 Å². The van der Waals surface area contributed by atoms with Crippen LogP contribution < -0.4 is 15.8 Å². The first-order valence-electron chi connectivity index (χ1n) is 6.67. The Morgan fingerprint density at radius 1 is 1.39 bits per heavy atom. The number of nitrogens with two attached hydrogens (primary N) is 1. The van der Waals surface area contributed by atoms with Crippen LogP contribution in [0.2, 0.25) is 0 Å². The van der Waals surface area contributed by atoms with Crippen molar-refractivity contribution in [3.05, 3.63) is 29.8 Å². The molecule has 0 saturated heterocycles. The van der Waals surface area contributed by atoms with Gasteiger partial charge in [0, 0.05) is 0 Å². The van der Waals surface area contributed by atoms with Crippen molar-refractivity contribution >= 4 is 30.1 Å². The smallest absolute Gasteiger partial charge is 0.419 e. The third-order valence-electron chi connectivity index (χ3n) is 2.82. The molecule has 1 amide bonds. The first-order valence-corrected chi connectivity index (χ1v) is 8.07. The van der Waals surface area contributed by atoms with E-state index in [4.69, 9.17) is 10.5 Å². The van der Waals surface area contributed by atoms with Crippen molar-refractivity contribution in [2.24, 2.45) is 5.73 Å². The highest BCUT2D eigenvalue weighted by Gasteiger charge is 2.33. The average molecular weight is 373 g/mol. The van der Waals surface area contributed by atoms with Gasteiger partial charge in [-0.05, 0) is 30.6 Å². The lowest BCUT2D eigenvalue weighted by molar-refractivity contribution is -0.139. The summed E-state index contributed by atoms with van der Waals surface area (Å²) in [5.41, 5.74) is 4.83.